The maximum atomic E-state index is 11.6. The zero-order valence-corrected chi connectivity index (χ0v) is 10.5. The average molecular weight is 258 g/mol. The maximum absolute atomic E-state index is 11.6. The lowest BCUT2D eigenvalue weighted by Crippen LogP contribution is -2.20. The summed E-state index contributed by atoms with van der Waals surface area (Å²) in [5.74, 6) is 0.411. The fourth-order valence-corrected chi connectivity index (χ4v) is 1.44. The van der Waals surface area contributed by atoms with Gasteiger partial charge in [0.15, 0.2) is 18.1 Å². The quantitative estimate of drug-likeness (QED) is 0.881. The predicted octanol–water partition coefficient (Wildman–Crippen LogP) is 2.11. The molecule has 0 spiro atoms. The van der Waals surface area contributed by atoms with Gasteiger partial charge in [-0.1, -0.05) is 18.2 Å². The summed E-state index contributed by atoms with van der Waals surface area (Å²) in [7, 11) is 0. The van der Waals surface area contributed by atoms with E-state index in [1.165, 1.54) is 6.07 Å². The molecule has 1 aromatic heterocycles. The average Bonchev–Trinajstić information content (AvgIpc) is 2.40. The highest BCUT2D eigenvalue weighted by Gasteiger charge is 2.06. The highest BCUT2D eigenvalue weighted by Crippen LogP contribution is 2.24. The van der Waals surface area contributed by atoms with Crippen molar-refractivity contribution in [2.45, 2.75) is 6.92 Å². The molecule has 5 nitrogen and oxygen atoms in total. The van der Waals surface area contributed by atoms with Crippen molar-refractivity contribution in [3.05, 3.63) is 48.2 Å². The molecule has 0 saturated heterocycles. The van der Waals surface area contributed by atoms with E-state index in [1.54, 1.807) is 30.5 Å². The first-order valence-electron chi connectivity index (χ1n) is 5.78. The van der Waals surface area contributed by atoms with Crippen LogP contribution < -0.4 is 10.1 Å². The second-order valence-electron chi connectivity index (χ2n) is 4.03. The van der Waals surface area contributed by atoms with E-state index in [-0.39, 0.29) is 24.0 Å². The molecule has 0 aliphatic heterocycles. The number of hydrogen-bond acceptors (Lipinski definition) is 4. The third kappa shape index (κ3) is 3.70. The molecule has 2 rings (SSSR count). The number of nitrogens with zero attached hydrogens (tertiary/aromatic N) is 1. The van der Waals surface area contributed by atoms with Gasteiger partial charge in [-0.3, -0.25) is 4.79 Å². The van der Waals surface area contributed by atoms with Crippen molar-refractivity contribution >= 4 is 11.7 Å². The van der Waals surface area contributed by atoms with Crippen LogP contribution in [0.15, 0.2) is 42.6 Å². The molecule has 2 aromatic rings. The Morgan fingerprint density at radius 2 is 2.11 bits per heavy atom. The number of aryl methyl sites for hydroxylation is 1. The smallest absolute Gasteiger partial charge is 0.263 e. The number of phenolic OH excluding ortho intramolecular Hbond substituents is 1. The Balaban J connectivity index is 1.88. The van der Waals surface area contributed by atoms with Crippen molar-refractivity contribution in [3.63, 3.8) is 0 Å². The molecule has 0 radical (unpaired) electrons. The SMILES string of the molecule is Cc1ccc(NC(=O)COc2ccccc2O)nc1. The molecule has 1 aromatic carbocycles. The van der Waals surface area contributed by atoms with Crippen LogP contribution >= 0.6 is 0 Å². The summed E-state index contributed by atoms with van der Waals surface area (Å²) in [6, 6.07) is 10.0. The Morgan fingerprint density at radius 1 is 1.32 bits per heavy atom. The van der Waals surface area contributed by atoms with Gasteiger partial charge >= 0.3 is 0 Å². The normalized spacial score (nSPS) is 9.95. The third-order valence-electron chi connectivity index (χ3n) is 2.40. The second-order valence-corrected chi connectivity index (χ2v) is 4.03. The van der Waals surface area contributed by atoms with Crippen LogP contribution in [0.1, 0.15) is 5.56 Å². The molecular weight excluding hydrogens is 244 g/mol. The lowest BCUT2D eigenvalue weighted by molar-refractivity contribution is -0.118. The molecule has 0 saturated carbocycles. The van der Waals surface area contributed by atoms with Gasteiger partial charge in [-0.2, -0.15) is 0 Å². The molecular formula is C14H14N2O3. The lowest BCUT2D eigenvalue weighted by atomic mass is 10.3. The van der Waals surface area contributed by atoms with Crippen molar-refractivity contribution in [1.82, 2.24) is 4.98 Å². The largest absolute Gasteiger partial charge is 0.504 e. The Hall–Kier alpha value is -2.56. The number of aromatic hydroxyl groups is 1. The first-order valence-corrected chi connectivity index (χ1v) is 5.78. The van der Waals surface area contributed by atoms with Crippen molar-refractivity contribution in [2.75, 3.05) is 11.9 Å². The number of carbonyl (C=O) groups excluding carboxylic acids is 1. The number of aromatic nitrogens is 1. The van der Waals surface area contributed by atoms with E-state index in [2.05, 4.69) is 10.3 Å². The van der Waals surface area contributed by atoms with Gasteiger partial charge in [-0.05, 0) is 30.7 Å². The first-order chi connectivity index (χ1) is 9.15. The molecule has 5 heteroatoms. The van der Waals surface area contributed by atoms with Crippen molar-refractivity contribution in [2.24, 2.45) is 0 Å². The summed E-state index contributed by atoms with van der Waals surface area (Å²) < 4.78 is 5.20. The highest BCUT2D eigenvalue weighted by molar-refractivity contribution is 5.90. The lowest BCUT2D eigenvalue weighted by Gasteiger charge is -2.08. The molecule has 0 aliphatic rings. The molecule has 1 amide bonds. The summed E-state index contributed by atoms with van der Waals surface area (Å²) in [5, 5.41) is 12.1. The minimum Gasteiger partial charge on any atom is -0.504 e. The van der Waals surface area contributed by atoms with Gasteiger partial charge in [-0.25, -0.2) is 4.98 Å². The summed E-state index contributed by atoms with van der Waals surface area (Å²) in [6.07, 6.45) is 1.67. The van der Waals surface area contributed by atoms with Gasteiger partial charge in [0.2, 0.25) is 0 Å². The van der Waals surface area contributed by atoms with Crippen LogP contribution in [0.3, 0.4) is 0 Å². The van der Waals surface area contributed by atoms with Gasteiger partial charge in [-0.15, -0.1) is 0 Å². The van der Waals surface area contributed by atoms with E-state index in [0.29, 0.717) is 5.82 Å². The topological polar surface area (TPSA) is 71.5 Å². The van der Waals surface area contributed by atoms with E-state index in [1.807, 2.05) is 13.0 Å². The van der Waals surface area contributed by atoms with Gasteiger partial charge in [0.25, 0.3) is 5.91 Å². The van der Waals surface area contributed by atoms with Gasteiger partial charge in [0.1, 0.15) is 5.82 Å². The van der Waals surface area contributed by atoms with Crippen LogP contribution in [0, 0.1) is 6.92 Å². The summed E-state index contributed by atoms with van der Waals surface area (Å²) >= 11 is 0. The van der Waals surface area contributed by atoms with Crippen LogP contribution in [-0.2, 0) is 4.79 Å². The summed E-state index contributed by atoms with van der Waals surface area (Å²) in [4.78, 5) is 15.7. The number of rotatable bonds is 4. The number of hydrogen-bond donors (Lipinski definition) is 2. The van der Waals surface area contributed by atoms with E-state index >= 15 is 0 Å². The second kappa shape index (κ2) is 5.86. The Morgan fingerprint density at radius 3 is 2.79 bits per heavy atom. The van der Waals surface area contributed by atoms with Crippen molar-refractivity contribution in [1.29, 1.82) is 0 Å². The molecule has 0 aliphatic carbocycles. The number of nitrogens with one attached hydrogen (secondary N) is 1. The summed E-state index contributed by atoms with van der Waals surface area (Å²) in [6.45, 7) is 1.73. The maximum Gasteiger partial charge on any atom is 0.263 e. The number of phenols is 1. The van der Waals surface area contributed by atoms with Crippen LogP contribution in [0.4, 0.5) is 5.82 Å². The zero-order chi connectivity index (χ0) is 13.7. The highest BCUT2D eigenvalue weighted by atomic mass is 16.5. The molecule has 0 bridgehead atoms. The van der Waals surface area contributed by atoms with E-state index < -0.39 is 0 Å². The van der Waals surface area contributed by atoms with E-state index in [0.717, 1.165) is 5.56 Å². The molecule has 2 N–H and O–H groups in total. The van der Waals surface area contributed by atoms with Gasteiger partial charge in [0, 0.05) is 6.20 Å². The molecule has 19 heavy (non-hydrogen) atoms. The number of pyridine rings is 1. The molecule has 0 unspecified atom stereocenters. The van der Waals surface area contributed by atoms with E-state index in [4.69, 9.17) is 4.74 Å². The number of ether oxygens (including phenoxy) is 1. The Bertz CT molecular complexity index is 567. The number of para-hydroxylation sites is 2. The van der Waals surface area contributed by atoms with Crippen molar-refractivity contribution < 1.29 is 14.6 Å². The number of benzene rings is 1. The Labute approximate surface area is 110 Å². The minimum absolute atomic E-state index is 0.00348. The van der Waals surface area contributed by atoms with Crippen LogP contribution in [0.5, 0.6) is 11.5 Å². The van der Waals surface area contributed by atoms with Crippen LogP contribution in [0.2, 0.25) is 0 Å². The van der Waals surface area contributed by atoms with Gasteiger partial charge < -0.3 is 15.2 Å². The fourth-order valence-electron chi connectivity index (χ4n) is 1.44. The monoisotopic (exact) mass is 258 g/mol. The predicted molar refractivity (Wildman–Crippen MR) is 71.2 cm³/mol. The first kappa shape index (κ1) is 12.9. The zero-order valence-electron chi connectivity index (χ0n) is 10.5. The number of anilines is 1. The molecule has 1 heterocycles. The van der Waals surface area contributed by atoms with Crippen LogP contribution in [0.25, 0.3) is 0 Å². The summed E-state index contributed by atoms with van der Waals surface area (Å²) in [5.41, 5.74) is 1.02. The Kier molecular flexibility index (Phi) is 3.97. The fraction of sp³-hybridized carbons (Fsp3) is 0.143. The molecule has 98 valence electrons. The van der Waals surface area contributed by atoms with E-state index in [9.17, 15) is 9.90 Å². The van der Waals surface area contributed by atoms with Gasteiger partial charge in [0.05, 0.1) is 0 Å². The van der Waals surface area contributed by atoms with Crippen LogP contribution in [-0.4, -0.2) is 22.6 Å². The third-order valence-corrected chi connectivity index (χ3v) is 2.40. The molecule has 0 atom stereocenters. The number of amides is 1. The van der Waals surface area contributed by atoms with Crippen molar-refractivity contribution in [3.8, 4) is 11.5 Å². The molecule has 0 fully saturated rings. The minimum atomic E-state index is -0.334. The standard InChI is InChI=1S/C14H14N2O3/c1-10-6-7-13(15-8-10)16-14(18)9-19-12-5-3-2-4-11(12)17/h2-8,17H,9H2,1H3,(H,15,16,18). The number of carbonyl (C=O) groups is 1.